The van der Waals surface area contributed by atoms with Gasteiger partial charge in [0.2, 0.25) is 11.9 Å². The molecule has 1 aliphatic heterocycles. The van der Waals surface area contributed by atoms with Crippen LogP contribution in [0.15, 0.2) is 67.0 Å². The Hall–Kier alpha value is -3.66. The van der Waals surface area contributed by atoms with E-state index in [0.717, 1.165) is 6.07 Å². The first-order valence-electron chi connectivity index (χ1n) is 12.3. The van der Waals surface area contributed by atoms with Crippen LogP contribution in [0.1, 0.15) is 37.3 Å². The lowest BCUT2D eigenvalue weighted by molar-refractivity contribution is -0.133. The summed E-state index contributed by atoms with van der Waals surface area (Å²) >= 11 is 6.50. The van der Waals surface area contributed by atoms with Crippen molar-refractivity contribution in [1.29, 1.82) is 0 Å². The fraction of sp³-hybridized carbons (Fsp3) is 0.333. The minimum absolute atomic E-state index is 0.134. The largest absolute Gasteiger partial charge is 0.351 e. The van der Waals surface area contributed by atoms with Crippen molar-refractivity contribution >= 4 is 35.1 Å². The van der Waals surface area contributed by atoms with Crippen molar-refractivity contribution < 1.29 is 22.8 Å². The summed E-state index contributed by atoms with van der Waals surface area (Å²) in [5, 5.41) is 2.85. The average molecular weight is 544 g/mol. The first-order valence-corrected chi connectivity index (χ1v) is 12.7. The fourth-order valence-electron chi connectivity index (χ4n) is 5.03. The Kier molecular flexibility index (Phi) is 7.25. The van der Waals surface area contributed by atoms with E-state index >= 15 is 0 Å². The number of halogens is 4. The molecule has 2 heterocycles. The highest BCUT2D eigenvalue weighted by Crippen LogP contribution is 2.39. The molecule has 2 aliphatic rings. The van der Waals surface area contributed by atoms with Crippen molar-refractivity contribution in [2.24, 2.45) is 0 Å². The van der Waals surface area contributed by atoms with Gasteiger partial charge in [-0.2, -0.15) is 0 Å². The summed E-state index contributed by atoms with van der Waals surface area (Å²) in [5.74, 6) is -4.27. The molecule has 38 heavy (non-hydrogen) atoms. The van der Waals surface area contributed by atoms with Gasteiger partial charge in [-0.1, -0.05) is 35.9 Å². The second-order valence-electron chi connectivity index (χ2n) is 9.48. The molecule has 2 atom stereocenters. The van der Waals surface area contributed by atoms with Gasteiger partial charge < -0.3 is 10.2 Å². The lowest BCUT2D eigenvalue weighted by atomic mass is 9.87. The van der Waals surface area contributed by atoms with Crippen LogP contribution in [0.5, 0.6) is 0 Å². The van der Waals surface area contributed by atoms with E-state index in [0.29, 0.717) is 25.3 Å². The van der Waals surface area contributed by atoms with Gasteiger partial charge in [0.15, 0.2) is 0 Å². The molecule has 0 spiro atoms. The van der Waals surface area contributed by atoms with Crippen LogP contribution in [0.25, 0.3) is 0 Å². The van der Waals surface area contributed by atoms with Gasteiger partial charge in [0.25, 0.3) is 11.8 Å². The summed E-state index contributed by atoms with van der Waals surface area (Å²) in [5.41, 5.74) is 0.422. The predicted molar refractivity (Wildman–Crippen MR) is 137 cm³/mol. The number of nitrogens with one attached hydrogen (secondary N) is 1. The van der Waals surface area contributed by atoms with Crippen LogP contribution < -0.4 is 15.1 Å². The molecule has 7 nitrogen and oxygen atoms in total. The van der Waals surface area contributed by atoms with Crippen LogP contribution in [0.3, 0.4) is 0 Å². The average Bonchev–Trinajstić information content (AvgIpc) is 3.37. The molecular weight excluding hydrogens is 519 g/mol. The highest BCUT2D eigenvalue weighted by atomic mass is 35.5. The van der Waals surface area contributed by atoms with Crippen molar-refractivity contribution in [3.63, 3.8) is 0 Å². The molecule has 1 saturated carbocycles. The molecule has 1 aromatic heterocycles. The van der Waals surface area contributed by atoms with Crippen molar-refractivity contribution in [2.45, 2.75) is 49.7 Å². The molecule has 2 fully saturated rings. The minimum atomic E-state index is -2.85. The summed E-state index contributed by atoms with van der Waals surface area (Å²) in [7, 11) is 0. The third-order valence-corrected chi connectivity index (χ3v) is 7.16. The van der Waals surface area contributed by atoms with E-state index in [1.807, 2.05) is 0 Å². The zero-order valence-corrected chi connectivity index (χ0v) is 21.0. The zero-order valence-electron chi connectivity index (χ0n) is 20.2. The molecule has 5 rings (SSSR count). The molecule has 0 radical (unpaired) electrons. The molecule has 11 heteroatoms. The van der Waals surface area contributed by atoms with E-state index in [1.165, 1.54) is 23.1 Å². The third-order valence-electron chi connectivity index (χ3n) is 6.81. The highest BCUT2D eigenvalue weighted by Gasteiger charge is 2.48. The van der Waals surface area contributed by atoms with Crippen LogP contribution in [0.4, 0.5) is 24.8 Å². The molecule has 3 aromatic rings. The lowest BCUT2D eigenvalue weighted by Gasteiger charge is -2.39. The molecule has 1 saturated heterocycles. The van der Waals surface area contributed by atoms with Crippen LogP contribution in [-0.2, 0) is 9.59 Å². The number of nitrogens with zero attached hydrogens (tertiary/aromatic N) is 4. The first kappa shape index (κ1) is 26.0. The lowest BCUT2D eigenvalue weighted by Crippen LogP contribution is -2.56. The van der Waals surface area contributed by atoms with Crippen LogP contribution >= 0.6 is 11.6 Å². The van der Waals surface area contributed by atoms with Gasteiger partial charge in [-0.05, 0) is 43.2 Å². The van der Waals surface area contributed by atoms with E-state index in [1.54, 1.807) is 47.6 Å². The summed E-state index contributed by atoms with van der Waals surface area (Å²) in [6.45, 7) is 0.511. The van der Waals surface area contributed by atoms with E-state index in [9.17, 15) is 22.8 Å². The van der Waals surface area contributed by atoms with Crippen molar-refractivity contribution in [3.8, 4) is 0 Å². The Bertz CT molecular complexity index is 1320. The Balaban J connectivity index is 1.58. The number of carbonyl (C=O) groups excluding carboxylic acids is 2. The van der Waals surface area contributed by atoms with Gasteiger partial charge in [0, 0.05) is 54.1 Å². The molecular formula is C27H25ClF3N5O2. The standard InChI is InChI=1S/C27H25ClF3N5O2/c28-21-9-2-1-8-20(21)23(24(37)34-18-15-27(30,31)16-18)36(19-7-3-6-17(29)14-19)25(38)22-10-4-13-35(22)26-32-11-5-12-33-26/h1-3,5-9,11-12,14,18,22-23H,4,10,13,15-16H2,(H,34,37)/t22-,23?/m0/s1. The molecule has 2 amide bonds. The summed E-state index contributed by atoms with van der Waals surface area (Å²) < 4.78 is 41.5. The van der Waals surface area contributed by atoms with E-state index in [4.69, 9.17) is 11.6 Å². The molecule has 1 unspecified atom stereocenters. The number of amides is 2. The quantitative estimate of drug-likeness (QED) is 0.457. The maximum atomic E-state index is 14.4. The smallest absolute Gasteiger partial charge is 0.252 e. The summed E-state index contributed by atoms with van der Waals surface area (Å²) in [6.07, 6.45) is 3.27. The minimum Gasteiger partial charge on any atom is -0.351 e. The van der Waals surface area contributed by atoms with Crippen molar-refractivity contribution in [3.05, 3.63) is 83.4 Å². The van der Waals surface area contributed by atoms with Gasteiger partial charge >= 0.3 is 0 Å². The second kappa shape index (κ2) is 10.6. The van der Waals surface area contributed by atoms with Gasteiger partial charge in [0.05, 0.1) is 0 Å². The first-order chi connectivity index (χ1) is 18.2. The highest BCUT2D eigenvalue weighted by molar-refractivity contribution is 6.31. The number of aromatic nitrogens is 2. The van der Waals surface area contributed by atoms with Crippen molar-refractivity contribution in [2.75, 3.05) is 16.3 Å². The SMILES string of the molecule is O=C(NC1CC(F)(F)C1)C(c1ccccc1Cl)N(C(=O)[C@@H]1CCCN1c1ncccn1)c1cccc(F)c1. The Morgan fingerprint density at radius 2 is 1.82 bits per heavy atom. The molecule has 198 valence electrons. The number of rotatable bonds is 7. The zero-order chi connectivity index (χ0) is 26.9. The molecule has 1 aliphatic carbocycles. The number of hydrogen-bond donors (Lipinski definition) is 1. The van der Waals surface area contributed by atoms with Gasteiger partial charge in [-0.15, -0.1) is 0 Å². The molecule has 1 N–H and O–H groups in total. The predicted octanol–water partition coefficient (Wildman–Crippen LogP) is 4.93. The van der Waals surface area contributed by atoms with Gasteiger partial charge in [-0.25, -0.2) is 23.1 Å². The maximum Gasteiger partial charge on any atom is 0.252 e. The van der Waals surface area contributed by atoms with E-state index in [2.05, 4.69) is 15.3 Å². The number of benzene rings is 2. The number of anilines is 2. The van der Waals surface area contributed by atoms with Crippen LogP contribution in [-0.4, -0.2) is 46.3 Å². The van der Waals surface area contributed by atoms with E-state index in [-0.39, 0.29) is 16.3 Å². The molecule has 0 bridgehead atoms. The van der Waals surface area contributed by atoms with Gasteiger partial charge in [-0.3, -0.25) is 14.5 Å². The summed E-state index contributed by atoms with van der Waals surface area (Å²) in [6, 6.07) is 10.7. The maximum absolute atomic E-state index is 14.4. The molecule has 2 aromatic carbocycles. The van der Waals surface area contributed by atoms with Crippen LogP contribution in [0, 0.1) is 5.82 Å². The monoisotopic (exact) mass is 543 g/mol. The normalized spacial score (nSPS) is 19.5. The van der Waals surface area contributed by atoms with Crippen molar-refractivity contribution in [1.82, 2.24) is 15.3 Å². The van der Waals surface area contributed by atoms with E-state index < -0.39 is 54.5 Å². The number of alkyl halides is 2. The fourth-order valence-corrected chi connectivity index (χ4v) is 5.27. The second-order valence-corrected chi connectivity index (χ2v) is 9.89. The number of carbonyl (C=O) groups is 2. The van der Waals surface area contributed by atoms with Gasteiger partial charge in [0.1, 0.15) is 17.9 Å². The number of hydrogen-bond acceptors (Lipinski definition) is 5. The Morgan fingerprint density at radius 1 is 1.08 bits per heavy atom. The Labute approximate surface area is 222 Å². The van der Waals surface area contributed by atoms with Crippen LogP contribution in [0.2, 0.25) is 5.02 Å². The topological polar surface area (TPSA) is 78.4 Å². The third kappa shape index (κ3) is 5.31. The Morgan fingerprint density at radius 3 is 2.50 bits per heavy atom. The summed E-state index contributed by atoms with van der Waals surface area (Å²) in [4.78, 5) is 39.6.